The first-order chi connectivity index (χ1) is 20.4. The molecule has 0 unspecified atom stereocenters. The van der Waals surface area contributed by atoms with Gasteiger partial charge in [-0.1, -0.05) is 60.7 Å². The first-order valence-electron chi connectivity index (χ1n) is 13.6. The smallest absolute Gasteiger partial charge is 0.407 e. The van der Waals surface area contributed by atoms with E-state index in [1.165, 1.54) is 7.11 Å². The summed E-state index contributed by atoms with van der Waals surface area (Å²) in [5, 5.41) is 9.30. The summed E-state index contributed by atoms with van der Waals surface area (Å²) in [6.07, 6.45) is 0.110. The lowest BCUT2D eigenvalue weighted by atomic mass is 10.1. The number of alkyl carbamates (subject to hydrolysis) is 1. The van der Waals surface area contributed by atoms with Crippen molar-refractivity contribution in [3.05, 3.63) is 107 Å². The van der Waals surface area contributed by atoms with Crippen molar-refractivity contribution in [3.63, 3.8) is 0 Å². The van der Waals surface area contributed by atoms with E-state index in [0.29, 0.717) is 23.2 Å². The Bertz CT molecular complexity index is 1550. The fourth-order valence-corrected chi connectivity index (χ4v) is 4.52. The van der Waals surface area contributed by atoms with Crippen LogP contribution in [0.2, 0.25) is 0 Å². The molecule has 10 nitrogen and oxygen atoms in total. The number of aryl methyl sites for hydroxylation is 1. The fourth-order valence-electron chi connectivity index (χ4n) is 4.52. The summed E-state index contributed by atoms with van der Waals surface area (Å²) in [4.78, 5) is 50.5. The van der Waals surface area contributed by atoms with Gasteiger partial charge in [-0.05, 0) is 48.2 Å². The normalized spacial score (nSPS) is 11.4. The molecule has 218 valence electrons. The largest absolute Gasteiger partial charge is 0.465 e. The van der Waals surface area contributed by atoms with Crippen molar-refractivity contribution in [3.8, 4) is 0 Å². The average Bonchev–Trinajstić information content (AvgIpc) is 3.36. The van der Waals surface area contributed by atoms with Crippen molar-refractivity contribution in [2.45, 2.75) is 32.0 Å². The monoisotopic (exact) mass is 570 g/mol. The molecule has 0 aliphatic carbocycles. The maximum Gasteiger partial charge on any atom is 0.407 e. The number of carbonyl (C=O) groups is 4. The molecule has 42 heavy (non-hydrogen) atoms. The molecule has 10 heteroatoms. The van der Waals surface area contributed by atoms with Crippen LogP contribution in [0, 0.1) is 0 Å². The zero-order chi connectivity index (χ0) is 29.9. The van der Waals surface area contributed by atoms with Gasteiger partial charge in [-0.15, -0.1) is 0 Å². The maximum atomic E-state index is 13.3. The number of rotatable bonds is 12. The summed E-state index contributed by atoms with van der Waals surface area (Å²) in [7, 11) is 3.10. The van der Waals surface area contributed by atoms with Crippen LogP contribution in [0.5, 0.6) is 0 Å². The van der Waals surface area contributed by atoms with Crippen molar-refractivity contribution in [2.75, 3.05) is 13.7 Å². The van der Waals surface area contributed by atoms with Crippen LogP contribution >= 0.6 is 0 Å². The summed E-state index contributed by atoms with van der Waals surface area (Å²) < 4.78 is 11.8. The van der Waals surface area contributed by atoms with Gasteiger partial charge in [-0.2, -0.15) is 0 Å². The highest BCUT2D eigenvalue weighted by molar-refractivity contribution is 6.00. The minimum atomic E-state index is -0.874. The fraction of sp³-hybridized carbons (Fsp3) is 0.250. The van der Waals surface area contributed by atoms with Gasteiger partial charge in [0.1, 0.15) is 18.3 Å². The van der Waals surface area contributed by atoms with Crippen molar-refractivity contribution < 1.29 is 28.7 Å². The first-order valence-corrected chi connectivity index (χ1v) is 13.6. The van der Waals surface area contributed by atoms with E-state index in [0.717, 1.165) is 16.5 Å². The molecule has 1 heterocycles. The van der Waals surface area contributed by atoms with Crippen LogP contribution in [-0.2, 0) is 34.5 Å². The molecule has 4 aromatic rings. The summed E-state index contributed by atoms with van der Waals surface area (Å²) in [5.74, 6) is -1.26. The Balaban J connectivity index is 1.37. The topological polar surface area (TPSA) is 128 Å². The van der Waals surface area contributed by atoms with Gasteiger partial charge >= 0.3 is 12.1 Å². The summed E-state index contributed by atoms with van der Waals surface area (Å²) in [5.41, 5.74) is 3.26. The number of aromatic nitrogens is 1. The van der Waals surface area contributed by atoms with Gasteiger partial charge in [-0.3, -0.25) is 9.59 Å². The van der Waals surface area contributed by atoms with E-state index in [9.17, 15) is 19.2 Å². The number of nitrogens with zero attached hydrogens (tertiary/aromatic N) is 1. The minimum Gasteiger partial charge on any atom is -0.465 e. The van der Waals surface area contributed by atoms with E-state index in [1.54, 1.807) is 41.9 Å². The number of amides is 3. The molecule has 0 saturated heterocycles. The van der Waals surface area contributed by atoms with E-state index in [4.69, 9.17) is 9.47 Å². The molecule has 0 fully saturated rings. The van der Waals surface area contributed by atoms with E-state index in [2.05, 4.69) is 16.0 Å². The Kier molecular flexibility index (Phi) is 10.3. The van der Waals surface area contributed by atoms with Gasteiger partial charge in [0.2, 0.25) is 5.91 Å². The Labute approximate surface area is 244 Å². The van der Waals surface area contributed by atoms with Gasteiger partial charge in [0, 0.05) is 31.0 Å². The average molecular weight is 571 g/mol. The van der Waals surface area contributed by atoms with Gasteiger partial charge in [0.25, 0.3) is 5.91 Å². The summed E-state index contributed by atoms with van der Waals surface area (Å²) in [6.45, 7) is 0.548. The molecule has 0 saturated carbocycles. The first kappa shape index (κ1) is 29.9. The molecule has 0 radical (unpaired) electrons. The number of nitrogens with one attached hydrogen (secondary N) is 3. The number of benzene rings is 3. The Hall–Kier alpha value is -5.12. The van der Waals surface area contributed by atoms with Crippen molar-refractivity contribution in [1.29, 1.82) is 0 Å². The summed E-state index contributed by atoms with van der Waals surface area (Å²) >= 11 is 0. The van der Waals surface area contributed by atoms with Crippen LogP contribution in [0.3, 0.4) is 0 Å². The quantitative estimate of drug-likeness (QED) is 0.174. The van der Waals surface area contributed by atoms with Crippen LogP contribution in [0.1, 0.15) is 44.8 Å². The number of methoxy groups -OCH3 is 1. The molecule has 0 aliphatic rings. The zero-order valence-corrected chi connectivity index (χ0v) is 23.6. The molecule has 3 aromatic carbocycles. The van der Waals surface area contributed by atoms with Crippen molar-refractivity contribution in [1.82, 2.24) is 20.5 Å². The predicted octanol–water partition coefficient (Wildman–Crippen LogP) is 4.09. The SMILES string of the molecule is COC(=O)c1cccc(CNC(=O)[C@H](CCCNC(=O)OCc2ccccc2)NC(=O)c2cc3ccccc3n2C)c1. The Morgan fingerprint density at radius 2 is 1.60 bits per heavy atom. The highest BCUT2D eigenvalue weighted by Crippen LogP contribution is 2.18. The molecule has 3 N–H and O–H groups in total. The lowest BCUT2D eigenvalue weighted by Crippen LogP contribution is -2.47. The second-order valence-corrected chi connectivity index (χ2v) is 9.71. The number of para-hydroxylation sites is 1. The number of ether oxygens (including phenoxy) is 2. The Morgan fingerprint density at radius 3 is 2.36 bits per heavy atom. The summed E-state index contributed by atoms with van der Waals surface area (Å²) in [6, 6.07) is 24.6. The maximum absolute atomic E-state index is 13.3. The number of carbonyl (C=O) groups excluding carboxylic acids is 4. The second-order valence-electron chi connectivity index (χ2n) is 9.71. The van der Waals surface area contributed by atoms with Gasteiger partial charge in [0.05, 0.1) is 12.7 Å². The lowest BCUT2D eigenvalue weighted by Gasteiger charge is -2.19. The molecule has 0 bridgehead atoms. The van der Waals surface area contributed by atoms with Crippen LogP contribution in [0.4, 0.5) is 4.79 Å². The third-order valence-electron chi connectivity index (χ3n) is 6.77. The predicted molar refractivity (Wildman–Crippen MR) is 158 cm³/mol. The number of fused-ring (bicyclic) bond motifs is 1. The highest BCUT2D eigenvalue weighted by atomic mass is 16.5. The third-order valence-corrected chi connectivity index (χ3v) is 6.77. The van der Waals surface area contributed by atoms with Crippen molar-refractivity contribution >= 4 is 34.8 Å². The van der Waals surface area contributed by atoms with Gasteiger partial charge in [-0.25, -0.2) is 9.59 Å². The molecular formula is C32H34N4O6. The molecule has 3 amide bonds. The van der Waals surface area contributed by atoms with Crippen molar-refractivity contribution in [2.24, 2.45) is 7.05 Å². The molecule has 1 aromatic heterocycles. The molecule has 0 spiro atoms. The minimum absolute atomic E-state index is 0.147. The van der Waals surface area contributed by atoms with Gasteiger partial charge in [0.15, 0.2) is 0 Å². The van der Waals surface area contributed by atoms with E-state index >= 15 is 0 Å². The molecular weight excluding hydrogens is 536 g/mol. The van der Waals surface area contributed by atoms with Crippen LogP contribution in [0.25, 0.3) is 10.9 Å². The number of hydrogen-bond donors (Lipinski definition) is 3. The van der Waals surface area contributed by atoms with Crippen LogP contribution < -0.4 is 16.0 Å². The molecule has 4 rings (SSSR count). The van der Waals surface area contributed by atoms with E-state index in [1.807, 2.05) is 54.6 Å². The van der Waals surface area contributed by atoms with Crippen LogP contribution in [0.15, 0.2) is 84.9 Å². The Morgan fingerprint density at radius 1 is 0.857 bits per heavy atom. The van der Waals surface area contributed by atoms with E-state index < -0.39 is 29.9 Å². The molecule has 1 atom stereocenters. The lowest BCUT2D eigenvalue weighted by molar-refractivity contribution is -0.123. The molecule has 0 aliphatic heterocycles. The number of esters is 1. The van der Waals surface area contributed by atoms with Gasteiger partial charge < -0.3 is 30.0 Å². The standard InChI is InChI=1S/C32H34N4O6/c1-36-27-16-7-6-13-24(27)19-28(36)30(38)35-26(15-9-17-33-32(40)42-21-22-10-4-3-5-11-22)29(37)34-20-23-12-8-14-25(18-23)31(39)41-2/h3-8,10-14,16,18-19,26H,9,15,17,20-21H2,1-2H3,(H,33,40)(H,34,37)(H,35,38)/t26-/m0/s1. The highest BCUT2D eigenvalue weighted by Gasteiger charge is 2.23. The second kappa shape index (κ2) is 14.5. The number of hydrogen-bond acceptors (Lipinski definition) is 6. The van der Waals surface area contributed by atoms with Crippen LogP contribution in [-0.4, -0.2) is 48.1 Å². The van der Waals surface area contributed by atoms with E-state index in [-0.39, 0.29) is 26.1 Å². The zero-order valence-electron chi connectivity index (χ0n) is 23.6. The third kappa shape index (κ3) is 7.97.